The van der Waals surface area contributed by atoms with E-state index >= 15 is 0 Å². The van der Waals surface area contributed by atoms with Gasteiger partial charge in [0.1, 0.15) is 0 Å². The standard InChI is InChI=1S/C18H28O2Si/c1-8-16-9-11-17(12-10-16)18(19)20-21(13(2)3,14(4)5)15(6)7/h8-15H,1H2,2-7H3. The molecule has 0 saturated carbocycles. The first-order valence-corrected chi connectivity index (χ1v) is 9.85. The molecule has 0 N–H and O–H groups in total. The average molecular weight is 305 g/mol. The average Bonchev–Trinajstić information content (AvgIpc) is 2.43. The molecule has 1 aromatic carbocycles. The Balaban J connectivity index is 3.07. The van der Waals surface area contributed by atoms with E-state index in [1.54, 1.807) is 6.08 Å². The highest BCUT2D eigenvalue weighted by atomic mass is 28.4. The molecule has 21 heavy (non-hydrogen) atoms. The summed E-state index contributed by atoms with van der Waals surface area (Å²) in [5, 5.41) is 0. The maximum absolute atomic E-state index is 12.6. The van der Waals surface area contributed by atoms with Crippen molar-refractivity contribution < 1.29 is 9.22 Å². The van der Waals surface area contributed by atoms with Crippen LogP contribution in [0.25, 0.3) is 6.08 Å². The molecule has 0 aliphatic rings. The summed E-state index contributed by atoms with van der Waals surface area (Å²) in [5.74, 6) is -0.187. The third-order valence-electron chi connectivity index (χ3n) is 4.36. The minimum atomic E-state index is -2.17. The van der Waals surface area contributed by atoms with Gasteiger partial charge in [0.05, 0.1) is 5.56 Å². The molecule has 0 fully saturated rings. The first kappa shape index (κ1) is 17.7. The quantitative estimate of drug-likeness (QED) is 0.634. The van der Waals surface area contributed by atoms with Crippen LogP contribution in [-0.2, 0) is 4.43 Å². The van der Waals surface area contributed by atoms with E-state index in [0.717, 1.165) is 5.56 Å². The number of carbonyl (C=O) groups excluding carboxylic acids is 1. The summed E-state index contributed by atoms with van der Waals surface area (Å²) < 4.78 is 6.16. The van der Waals surface area contributed by atoms with Crippen molar-refractivity contribution in [2.75, 3.05) is 0 Å². The highest BCUT2D eigenvalue weighted by molar-refractivity contribution is 6.79. The van der Waals surface area contributed by atoms with Crippen LogP contribution in [0, 0.1) is 0 Å². The zero-order valence-electron chi connectivity index (χ0n) is 14.1. The van der Waals surface area contributed by atoms with E-state index < -0.39 is 8.32 Å². The lowest BCUT2D eigenvalue weighted by Gasteiger charge is -2.41. The van der Waals surface area contributed by atoms with Gasteiger partial charge in [-0.2, -0.15) is 0 Å². The number of rotatable bonds is 6. The van der Waals surface area contributed by atoms with Crippen LogP contribution in [0.5, 0.6) is 0 Å². The molecule has 0 saturated heterocycles. The van der Waals surface area contributed by atoms with Crippen LogP contribution in [0.4, 0.5) is 0 Å². The molecule has 2 nitrogen and oxygen atoms in total. The van der Waals surface area contributed by atoms with Crippen LogP contribution in [0.2, 0.25) is 16.6 Å². The van der Waals surface area contributed by atoms with Gasteiger partial charge in [-0.3, -0.25) is 0 Å². The Bertz CT molecular complexity index is 465. The van der Waals surface area contributed by atoms with E-state index in [-0.39, 0.29) is 5.97 Å². The molecule has 0 spiro atoms. The van der Waals surface area contributed by atoms with Crippen molar-refractivity contribution in [2.45, 2.75) is 58.2 Å². The second-order valence-electron chi connectivity index (χ2n) is 6.53. The van der Waals surface area contributed by atoms with Crippen LogP contribution in [0.1, 0.15) is 57.5 Å². The van der Waals surface area contributed by atoms with Gasteiger partial charge in [-0.05, 0) is 34.3 Å². The van der Waals surface area contributed by atoms with Crippen LogP contribution in [0.15, 0.2) is 30.8 Å². The highest BCUT2D eigenvalue weighted by Crippen LogP contribution is 2.42. The van der Waals surface area contributed by atoms with Crippen molar-refractivity contribution in [3.63, 3.8) is 0 Å². The van der Waals surface area contributed by atoms with E-state index in [1.165, 1.54) is 0 Å². The van der Waals surface area contributed by atoms with Crippen LogP contribution >= 0.6 is 0 Å². The van der Waals surface area contributed by atoms with Crippen molar-refractivity contribution in [1.82, 2.24) is 0 Å². The van der Waals surface area contributed by atoms with Crippen molar-refractivity contribution in [2.24, 2.45) is 0 Å². The third kappa shape index (κ3) is 3.65. The molecule has 0 amide bonds. The minimum Gasteiger partial charge on any atom is -0.515 e. The lowest BCUT2D eigenvalue weighted by atomic mass is 10.1. The normalized spacial score (nSPS) is 12.0. The number of benzene rings is 1. The topological polar surface area (TPSA) is 26.3 Å². The van der Waals surface area contributed by atoms with Gasteiger partial charge in [0.25, 0.3) is 8.32 Å². The number of carbonyl (C=O) groups is 1. The van der Waals surface area contributed by atoms with Gasteiger partial charge in [-0.1, -0.05) is 66.3 Å². The summed E-state index contributed by atoms with van der Waals surface area (Å²) >= 11 is 0. The molecular weight excluding hydrogens is 276 g/mol. The van der Waals surface area contributed by atoms with Crippen molar-refractivity contribution in [3.05, 3.63) is 42.0 Å². The summed E-state index contributed by atoms with van der Waals surface area (Å²) in [6.45, 7) is 16.8. The van der Waals surface area contributed by atoms with Gasteiger partial charge in [0, 0.05) is 0 Å². The third-order valence-corrected chi connectivity index (χ3v) is 10.3. The second-order valence-corrected chi connectivity index (χ2v) is 11.9. The molecule has 0 aromatic heterocycles. The maximum atomic E-state index is 12.6. The predicted octanol–water partition coefficient (Wildman–Crippen LogP) is 5.66. The summed E-state index contributed by atoms with van der Waals surface area (Å²) in [7, 11) is -2.17. The minimum absolute atomic E-state index is 0.187. The van der Waals surface area contributed by atoms with E-state index in [4.69, 9.17) is 4.43 Å². The number of hydrogen-bond donors (Lipinski definition) is 0. The Morgan fingerprint density at radius 2 is 1.43 bits per heavy atom. The Hall–Kier alpha value is -1.35. The molecule has 116 valence electrons. The van der Waals surface area contributed by atoms with Crippen LogP contribution < -0.4 is 0 Å². The smallest absolute Gasteiger partial charge is 0.324 e. The van der Waals surface area contributed by atoms with Gasteiger partial charge in [0.2, 0.25) is 0 Å². The first-order chi connectivity index (χ1) is 9.75. The fourth-order valence-corrected chi connectivity index (χ4v) is 8.47. The van der Waals surface area contributed by atoms with Crippen molar-refractivity contribution in [1.29, 1.82) is 0 Å². The SMILES string of the molecule is C=Cc1ccc(C(=O)O[Si](C(C)C)(C(C)C)C(C)C)cc1. The molecule has 0 aliphatic heterocycles. The molecule has 0 atom stereocenters. The van der Waals surface area contributed by atoms with Crippen molar-refractivity contribution >= 4 is 20.4 Å². The molecule has 3 heteroatoms. The molecule has 1 aromatic rings. The monoisotopic (exact) mass is 304 g/mol. The highest BCUT2D eigenvalue weighted by Gasteiger charge is 2.48. The summed E-state index contributed by atoms with van der Waals surface area (Å²) in [5.41, 5.74) is 2.82. The fourth-order valence-electron chi connectivity index (χ4n) is 3.33. The summed E-state index contributed by atoms with van der Waals surface area (Å²) in [6.07, 6.45) is 1.77. The van der Waals surface area contributed by atoms with Gasteiger partial charge < -0.3 is 4.43 Å². The van der Waals surface area contributed by atoms with E-state index in [0.29, 0.717) is 22.2 Å². The Labute approximate surface area is 130 Å². The Morgan fingerprint density at radius 1 is 1.00 bits per heavy atom. The van der Waals surface area contributed by atoms with E-state index in [9.17, 15) is 4.79 Å². The Kier molecular flexibility index (Phi) is 5.96. The molecule has 1 rings (SSSR count). The van der Waals surface area contributed by atoms with Crippen LogP contribution in [0.3, 0.4) is 0 Å². The molecular formula is C18H28O2Si. The predicted molar refractivity (Wildman–Crippen MR) is 93.0 cm³/mol. The fraction of sp³-hybridized carbons (Fsp3) is 0.500. The molecule has 0 unspecified atom stereocenters. The first-order valence-electron chi connectivity index (χ1n) is 7.71. The number of hydrogen-bond acceptors (Lipinski definition) is 2. The molecule has 0 aliphatic carbocycles. The molecule has 0 radical (unpaired) electrons. The molecule has 0 bridgehead atoms. The van der Waals surface area contributed by atoms with Gasteiger partial charge in [-0.15, -0.1) is 0 Å². The van der Waals surface area contributed by atoms with Crippen molar-refractivity contribution in [3.8, 4) is 0 Å². The van der Waals surface area contributed by atoms with Gasteiger partial charge >= 0.3 is 5.97 Å². The van der Waals surface area contributed by atoms with E-state index in [1.807, 2.05) is 24.3 Å². The maximum Gasteiger partial charge on any atom is 0.324 e. The Morgan fingerprint density at radius 3 is 1.76 bits per heavy atom. The molecule has 0 heterocycles. The van der Waals surface area contributed by atoms with Crippen LogP contribution in [-0.4, -0.2) is 14.3 Å². The van der Waals surface area contributed by atoms with E-state index in [2.05, 4.69) is 48.1 Å². The summed E-state index contributed by atoms with van der Waals surface area (Å²) in [6, 6.07) is 7.43. The van der Waals surface area contributed by atoms with Gasteiger partial charge in [0.15, 0.2) is 0 Å². The summed E-state index contributed by atoms with van der Waals surface area (Å²) in [4.78, 5) is 12.6. The largest absolute Gasteiger partial charge is 0.515 e. The second kappa shape index (κ2) is 7.08. The zero-order valence-corrected chi connectivity index (χ0v) is 15.1. The van der Waals surface area contributed by atoms with Gasteiger partial charge in [-0.25, -0.2) is 4.79 Å². The lowest BCUT2D eigenvalue weighted by molar-refractivity contribution is 0.0705. The zero-order chi connectivity index (χ0) is 16.2. The lowest BCUT2D eigenvalue weighted by Crippen LogP contribution is -2.49.